The normalized spacial score (nSPS) is 15.7. The van der Waals surface area contributed by atoms with E-state index in [0.717, 1.165) is 17.7 Å². The molecule has 1 saturated carbocycles. The van der Waals surface area contributed by atoms with Gasteiger partial charge in [-0.2, -0.15) is 0 Å². The summed E-state index contributed by atoms with van der Waals surface area (Å²) in [6.07, 6.45) is 4.56. The van der Waals surface area contributed by atoms with E-state index in [-0.39, 0.29) is 24.0 Å². The summed E-state index contributed by atoms with van der Waals surface area (Å²) in [6, 6.07) is 1.80. The van der Waals surface area contributed by atoms with Crippen LogP contribution < -0.4 is 5.32 Å². The van der Waals surface area contributed by atoms with Crippen LogP contribution >= 0.6 is 11.3 Å². The molecule has 6 heteroatoms. The van der Waals surface area contributed by atoms with E-state index in [1.165, 1.54) is 31.3 Å². The number of ether oxygens (including phenoxy) is 2. The average Bonchev–Trinajstić information content (AvgIpc) is 3.13. The van der Waals surface area contributed by atoms with Crippen LogP contribution in [0.1, 0.15) is 61.7 Å². The van der Waals surface area contributed by atoms with Gasteiger partial charge in [-0.25, -0.2) is 4.79 Å². The lowest BCUT2D eigenvalue weighted by molar-refractivity contribution is -0.122. The summed E-state index contributed by atoms with van der Waals surface area (Å²) < 4.78 is 10.4. The highest BCUT2D eigenvalue weighted by atomic mass is 32.1. The molecule has 0 aromatic carbocycles. The van der Waals surface area contributed by atoms with E-state index in [4.69, 9.17) is 9.47 Å². The first-order valence-electron chi connectivity index (χ1n) is 7.95. The molecule has 2 rings (SSSR count). The van der Waals surface area contributed by atoms with Gasteiger partial charge in [0.05, 0.1) is 18.8 Å². The van der Waals surface area contributed by atoms with Crippen LogP contribution in [0.3, 0.4) is 0 Å². The maximum Gasteiger partial charge on any atom is 0.340 e. The van der Waals surface area contributed by atoms with Crippen LogP contribution in [0.5, 0.6) is 0 Å². The van der Waals surface area contributed by atoms with Crippen LogP contribution in [0.2, 0.25) is 0 Å². The number of thiophene rings is 1. The van der Waals surface area contributed by atoms with Crippen molar-refractivity contribution in [3.05, 3.63) is 16.5 Å². The third-order valence-electron chi connectivity index (χ3n) is 3.88. The fourth-order valence-corrected chi connectivity index (χ4v) is 3.65. The topological polar surface area (TPSA) is 64.6 Å². The van der Waals surface area contributed by atoms with E-state index >= 15 is 0 Å². The molecule has 128 valence electrons. The van der Waals surface area contributed by atoms with Gasteiger partial charge in [-0.3, -0.25) is 4.79 Å². The Hall–Kier alpha value is -1.40. The van der Waals surface area contributed by atoms with E-state index < -0.39 is 5.97 Å². The molecule has 23 heavy (non-hydrogen) atoms. The zero-order valence-electron chi connectivity index (χ0n) is 14.2. The molecule has 0 unspecified atom stereocenters. The number of carbonyl (C=O) groups is 2. The zero-order valence-corrected chi connectivity index (χ0v) is 15.0. The Balaban J connectivity index is 2.06. The fraction of sp³-hybridized carbons (Fsp3) is 0.647. The van der Waals surface area contributed by atoms with Crippen LogP contribution in [-0.2, 0) is 19.7 Å². The fourth-order valence-electron chi connectivity index (χ4n) is 2.53. The molecule has 1 aliphatic carbocycles. The molecule has 5 nitrogen and oxygen atoms in total. The van der Waals surface area contributed by atoms with Crippen molar-refractivity contribution in [2.45, 2.75) is 58.0 Å². The third kappa shape index (κ3) is 4.78. The minimum Gasteiger partial charge on any atom is -0.465 e. The number of anilines is 1. The monoisotopic (exact) mass is 339 g/mol. The number of esters is 1. The average molecular weight is 339 g/mol. The number of amides is 1. The predicted octanol–water partition coefficient (Wildman–Crippen LogP) is 3.73. The number of hydrogen-bond donors (Lipinski definition) is 1. The summed E-state index contributed by atoms with van der Waals surface area (Å²) in [5, 5.41) is 3.33. The molecule has 1 fully saturated rings. The quantitative estimate of drug-likeness (QED) is 0.830. The first-order valence-corrected chi connectivity index (χ1v) is 8.77. The Morgan fingerprint density at radius 2 is 1.96 bits per heavy atom. The highest BCUT2D eigenvalue weighted by Gasteiger charge is 2.24. The number of rotatable bonds is 5. The van der Waals surface area contributed by atoms with Gasteiger partial charge >= 0.3 is 5.97 Å². The summed E-state index contributed by atoms with van der Waals surface area (Å²) in [7, 11) is 1.34. The molecule has 0 bridgehead atoms. The lowest BCUT2D eigenvalue weighted by Crippen LogP contribution is -2.22. The molecule has 1 aliphatic rings. The van der Waals surface area contributed by atoms with E-state index in [9.17, 15) is 9.59 Å². The Morgan fingerprint density at radius 1 is 1.30 bits per heavy atom. The SMILES string of the molecule is COC(=O)c1cc(C(C)(C)C)sc1NC(=O)COC1CCCC1. The van der Waals surface area contributed by atoms with Crippen molar-refractivity contribution in [3.8, 4) is 0 Å². The lowest BCUT2D eigenvalue weighted by Gasteiger charge is -2.15. The number of methoxy groups -OCH3 is 1. The summed E-state index contributed by atoms with van der Waals surface area (Å²) in [5.74, 6) is -0.673. The molecule has 1 heterocycles. The van der Waals surface area contributed by atoms with Crippen LogP contribution in [0.4, 0.5) is 5.00 Å². The molecule has 1 N–H and O–H groups in total. The second-order valence-corrected chi connectivity index (χ2v) is 7.91. The van der Waals surface area contributed by atoms with Crippen molar-refractivity contribution in [2.75, 3.05) is 19.0 Å². The number of carbonyl (C=O) groups excluding carboxylic acids is 2. The van der Waals surface area contributed by atoms with Crippen molar-refractivity contribution in [3.63, 3.8) is 0 Å². The van der Waals surface area contributed by atoms with Gasteiger partial charge < -0.3 is 14.8 Å². The third-order valence-corrected chi connectivity index (χ3v) is 5.36. The zero-order chi connectivity index (χ0) is 17.0. The smallest absolute Gasteiger partial charge is 0.340 e. The Bertz CT molecular complexity index is 568. The van der Waals surface area contributed by atoms with Gasteiger partial charge in [0.2, 0.25) is 0 Å². The van der Waals surface area contributed by atoms with Gasteiger partial charge in [0.1, 0.15) is 11.6 Å². The van der Waals surface area contributed by atoms with E-state index in [1.807, 2.05) is 0 Å². The van der Waals surface area contributed by atoms with Gasteiger partial charge in [-0.1, -0.05) is 33.6 Å². The highest BCUT2D eigenvalue weighted by molar-refractivity contribution is 7.16. The summed E-state index contributed by atoms with van der Waals surface area (Å²) in [4.78, 5) is 25.1. The molecule has 1 aromatic heterocycles. The Kier molecular flexibility index (Phi) is 5.81. The first-order chi connectivity index (χ1) is 10.8. The van der Waals surface area contributed by atoms with Gasteiger partial charge in [-0.05, 0) is 24.3 Å². The molecule has 0 saturated heterocycles. The number of nitrogens with one attached hydrogen (secondary N) is 1. The van der Waals surface area contributed by atoms with Gasteiger partial charge in [-0.15, -0.1) is 11.3 Å². The molecular formula is C17H25NO4S. The molecule has 0 radical (unpaired) electrons. The van der Waals surface area contributed by atoms with Crippen LogP contribution in [-0.4, -0.2) is 31.7 Å². The molecule has 1 aromatic rings. The largest absolute Gasteiger partial charge is 0.465 e. The summed E-state index contributed by atoms with van der Waals surface area (Å²) in [6.45, 7) is 6.21. The second kappa shape index (κ2) is 7.45. The minimum absolute atomic E-state index is 0.0219. The maximum absolute atomic E-state index is 12.1. The second-order valence-electron chi connectivity index (χ2n) is 6.86. The van der Waals surface area contributed by atoms with Gasteiger partial charge in [0.15, 0.2) is 0 Å². The Labute approximate surface area is 141 Å². The molecule has 0 spiro atoms. The van der Waals surface area contributed by atoms with Crippen LogP contribution in [0.25, 0.3) is 0 Å². The molecule has 1 amide bonds. The minimum atomic E-state index is -0.441. The molecule has 0 atom stereocenters. The van der Waals surface area contributed by atoms with Crippen molar-refractivity contribution < 1.29 is 19.1 Å². The van der Waals surface area contributed by atoms with Gasteiger partial charge in [0, 0.05) is 4.88 Å². The first kappa shape index (κ1) is 17.9. The van der Waals surface area contributed by atoms with Gasteiger partial charge in [0.25, 0.3) is 5.91 Å². The van der Waals surface area contributed by atoms with Crippen molar-refractivity contribution in [2.24, 2.45) is 0 Å². The van der Waals surface area contributed by atoms with Crippen molar-refractivity contribution >= 4 is 28.2 Å². The van der Waals surface area contributed by atoms with Crippen molar-refractivity contribution in [1.82, 2.24) is 0 Å². The van der Waals surface area contributed by atoms with Crippen LogP contribution in [0.15, 0.2) is 6.07 Å². The highest BCUT2D eigenvalue weighted by Crippen LogP contribution is 2.36. The maximum atomic E-state index is 12.1. The van der Waals surface area contributed by atoms with E-state index in [2.05, 4.69) is 26.1 Å². The molecular weight excluding hydrogens is 314 g/mol. The van der Waals surface area contributed by atoms with Crippen LogP contribution in [0, 0.1) is 0 Å². The van der Waals surface area contributed by atoms with E-state index in [0.29, 0.717) is 10.6 Å². The summed E-state index contributed by atoms with van der Waals surface area (Å²) in [5.41, 5.74) is 0.299. The van der Waals surface area contributed by atoms with E-state index in [1.54, 1.807) is 6.07 Å². The van der Waals surface area contributed by atoms with Crippen molar-refractivity contribution in [1.29, 1.82) is 0 Å². The molecule has 0 aliphatic heterocycles. The lowest BCUT2D eigenvalue weighted by atomic mass is 9.94. The Morgan fingerprint density at radius 3 is 2.52 bits per heavy atom. The number of hydrogen-bond acceptors (Lipinski definition) is 5. The standard InChI is InChI=1S/C17H25NO4S/c1-17(2,3)13-9-12(16(20)21-4)15(23-13)18-14(19)10-22-11-7-5-6-8-11/h9,11H,5-8,10H2,1-4H3,(H,18,19). The summed E-state index contributed by atoms with van der Waals surface area (Å²) >= 11 is 1.41. The predicted molar refractivity (Wildman–Crippen MR) is 91.2 cm³/mol.